The van der Waals surface area contributed by atoms with Crippen LogP contribution in [-0.4, -0.2) is 26.1 Å². The van der Waals surface area contributed by atoms with Crippen molar-refractivity contribution in [2.75, 3.05) is 20.1 Å². The van der Waals surface area contributed by atoms with Gasteiger partial charge in [0.05, 0.1) is 20.1 Å². The first-order valence-electron chi connectivity index (χ1n) is 7.17. The second-order valence-electron chi connectivity index (χ2n) is 5.65. The predicted octanol–water partition coefficient (Wildman–Crippen LogP) is 1.39. The van der Waals surface area contributed by atoms with E-state index >= 15 is 0 Å². The number of carbonyl (C=O) groups is 1. The van der Waals surface area contributed by atoms with Crippen molar-refractivity contribution >= 4 is 5.97 Å². The summed E-state index contributed by atoms with van der Waals surface area (Å²) < 4.78 is 5.92. The maximum atomic E-state index is 11.9. The van der Waals surface area contributed by atoms with Gasteiger partial charge in [-0.2, -0.15) is 0 Å². The molecule has 3 atom stereocenters. The molecule has 0 amide bonds. The number of piperidine rings is 1. The van der Waals surface area contributed by atoms with E-state index in [-0.39, 0.29) is 5.97 Å². The fourth-order valence-corrected chi connectivity index (χ4v) is 3.07. The third kappa shape index (κ3) is 2.81. The molecule has 0 saturated carbocycles. The van der Waals surface area contributed by atoms with Gasteiger partial charge in [0.1, 0.15) is 0 Å². The summed E-state index contributed by atoms with van der Waals surface area (Å²) in [5.41, 5.74) is 0.699. The van der Waals surface area contributed by atoms with Crippen LogP contribution in [0.3, 0.4) is 0 Å². The van der Waals surface area contributed by atoms with Gasteiger partial charge in [-0.25, -0.2) is 0 Å². The van der Waals surface area contributed by atoms with Crippen LogP contribution in [0.5, 0.6) is 0 Å². The van der Waals surface area contributed by atoms with Gasteiger partial charge in [-0.3, -0.25) is 4.79 Å². The van der Waals surface area contributed by atoms with Crippen molar-refractivity contribution in [3.8, 4) is 0 Å². The summed E-state index contributed by atoms with van der Waals surface area (Å²) in [6.07, 6.45) is 1.33. The molecule has 1 N–H and O–H groups in total. The third-order valence-electron chi connectivity index (χ3n) is 4.22. The van der Waals surface area contributed by atoms with E-state index in [9.17, 15) is 4.79 Å². The second-order valence-corrected chi connectivity index (χ2v) is 5.65. The molecule has 0 bridgehead atoms. The molecular weight excluding hydrogens is 238 g/mol. The first-order chi connectivity index (χ1) is 9.08. The van der Waals surface area contributed by atoms with Gasteiger partial charge in [-0.15, -0.1) is 0 Å². The molecule has 0 aliphatic carbocycles. The lowest BCUT2D eigenvalue weighted by Gasteiger charge is -2.43. The summed E-state index contributed by atoms with van der Waals surface area (Å²) in [4.78, 5) is 13.4. The van der Waals surface area contributed by atoms with Crippen LogP contribution in [0.2, 0.25) is 0 Å². The molecule has 19 heavy (non-hydrogen) atoms. The minimum Gasteiger partial charge on any atom is -0.453 e. The van der Waals surface area contributed by atoms with Crippen LogP contribution in [0.15, 0.2) is 30.3 Å². The van der Waals surface area contributed by atoms with Crippen LogP contribution in [0, 0.1) is 5.92 Å². The molecule has 1 aromatic rings. The molecule has 3 nitrogen and oxygen atoms in total. The first-order valence-corrected chi connectivity index (χ1v) is 7.17. The molecular formula is C16H24NO2+. The molecule has 0 spiro atoms. The van der Waals surface area contributed by atoms with E-state index in [4.69, 9.17) is 4.74 Å². The van der Waals surface area contributed by atoms with E-state index < -0.39 is 5.60 Å². The van der Waals surface area contributed by atoms with E-state index in [0.717, 1.165) is 25.1 Å². The number of hydrogen-bond donors (Lipinski definition) is 1. The summed E-state index contributed by atoms with van der Waals surface area (Å²) in [6.45, 7) is 6.12. The maximum absolute atomic E-state index is 11.9. The topological polar surface area (TPSA) is 30.7 Å². The highest BCUT2D eigenvalue weighted by atomic mass is 16.6. The lowest BCUT2D eigenvalue weighted by molar-refractivity contribution is -0.892. The number of rotatable bonds is 3. The van der Waals surface area contributed by atoms with E-state index in [2.05, 4.69) is 26.1 Å². The van der Waals surface area contributed by atoms with Gasteiger partial charge >= 0.3 is 5.97 Å². The zero-order valence-corrected chi connectivity index (χ0v) is 12.1. The van der Waals surface area contributed by atoms with Crippen molar-refractivity contribution in [3.05, 3.63) is 35.9 Å². The highest BCUT2D eigenvalue weighted by Crippen LogP contribution is 2.38. The molecule has 1 heterocycles. The Morgan fingerprint density at radius 1 is 1.42 bits per heavy atom. The molecule has 104 valence electrons. The fraction of sp³-hybridized carbons (Fsp3) is 0.562. The van der Waals surface area contributed by atoms with Crippen molar-refractivity contribution in [2.24, 2.45) is 5.92 Å². The Morgan fingerprint density at radius 2 is 2.11 bits per heavy atom. The van der Waals surface area contributed by atoms with Gasteiger partial charge in [0.25, 0.3) is 0 Å². The molecule has 1 fully saturated rings. The minimum absolute atomic E-state index is 0.102. The fourth-order valence-electron chi connectivity index (χ4n) is 3.07. The van der Waals surface area contributed by atoms with Crippen LogP contribution >= 0.6 is 0 Å². The molecule has 1 unspecified atom stereocenters. The molecule has 0 aromatic heterocycles. The molecule has 1 saturated heterocycles. The number of ether oxygens (including phenoxy) is 1. The predicted molar refractivity (Wildman–Crippen MR) is 74.9 cm³/mol. The van der Waals surface area contributed by atoms with Gasteiger partial charge in [-0.1, -0.05) is 44.2 Å². The molecule has 0 radical (unpaired) electrons. The maximum Gasteiger partial charge on any atom is 0.306 e. The van der Waals surface area contributed by atoms with E-state index in [1.54, 1.807) is 0 Å². The van der Waals surface area contributed by atoms with Crippen molar-refractivity contribution < 1.29 is 14.4 Å². The molecule has 2 rings (SSSR count). The zero-order valence-electron chi connectivity index (χ0n) is 12.1. The Hall–Kier alpha value is -1.35. The average molecular weight is 262 g/mol. The van der Waals surface area contributed by atoms with Crippen LogP contribution in [0.1, 0.15) is 32.3 Å². The number of hydrogen-bond acceptors (Lipinski definition) is 2. The SMILES string of the molecule is CCC(=O)O[C@]1(c2ccccc2)CC[NH+](C)C[C@@H]1C. The Kier molecular flexibility index (Phi) is 4.25. The minimum atomic E-state index is -0.437. The number of likely N-dealkylation sites (tertiary alicyclic amines) is 1. The van der Waals surface area contributed by atoms with Crippen molar-refractivity contribution in [1.29, 1.82) is 0 Å². The van der Waals surface area contributed by atoms with Crippen molar-refractivity contribution in [1.82, 2.24) is 0 Å². The first kappa shape index (κ1) is 14.1. The summed E-state index contributed by atoms with van der Waals surface area (Å²) >= 11 is 0. The lowest BCUT2D eigenvalue weighted by Crippen LogP contribution is -3.11. The Bertz CT molecular complexity index is 432. The highest BCUT2D eigenvalue weighted by Gasteiger charge is 2.46. The van der Waals surface area contributed by atoms with Crippen molar-refractivity contribution in [2.45, 2.75) is 32.3 Å². The van der Waals surface area contributed by atoms with Crippen LogP contribution in [-0.2, 0) is 15.1 Å². The number of benzene rings is 1. The number of esters is 1. The zero-order chi connectivity index (χ0) is 13.9. The third-order valence-corrected chi connectivity index (χ3v) is 4.22. The smallest absolute Gasteiger partial charge is 0.306 e. The van der Waals surface area contributed by atoms with Gasteiger partial charge in [0.15, 0.2) is 5.60 Å². The monoisotopic (exact) mass is 262 g/mol. The molecule has 1 aliphatic heterocycles. The molecule has 3 heteroatoms. The number of nitrogens with one attached hydrogen (secondary N) is 1. The van der Waals surface area contributed by atoms with E-state index in [0.29, 0.717) is 12.3 Å². The Balaban J connectivity index is 2.35. The summed E-state index contributed by atoms with van der Waals surface area (Å²) in [7, 11) is 2.20. The van der Waals surface area contributed by atoms with Gasteiger partial charge < -0.3 is 9.64 Å². The van der Waals surface area contributed by atoms with Crippen molar-refractivity contribution in [3.63, 3.8) is 0 Å². The van der Waals surface area contributed by atoms with Gasteiger partial charge in [-0.05, 0) is 5.56 Å². The Labute approximate surface area is 115 Å². The summed E-state index contributed by atoms with van der Waals surface area (Å²) in [5.74, 6) is 0.231. The van der Waals surface area contributed by atoms with Crippen LogP contribution < -0.4 is 4.90 Å². The summed E-state index contributed by atoms with van der Waals surface area (Å²) in [5, 5.41) is 0. The highest BCUT2D eigenvalue weighted by molar-refractivity contribution is 5.69. The second kappa shape index (κ2) is 5.74. The van der Waals surface area contributed by atoms with Gasteiger partial charge in [0.2, 0.25) is 0 Å². The quantitative estimate of drug-likeness (QED) is 0.835. The normalized spacial score (nSPS) is 30.9. The van der Waals surface area contributed by atoms with E-state index in [1.165, 1.54) is 4.90 Å². The standard InChI is InChI=1S/C16H23NO2/c1-4-15(18)19-16(14-8-6-5-7-9-14)10-11-17(3)12-13(16)2/h5-9,13H,4,10-12H2,1-3H3/p+1/t13-,16+/m0/s1. The van der Waals surface area contributed by atoms with E-state index in [1.807, 2.05) is 25.1 Å². The Morgan fingerprint density at radius 3 is 2.68 bits per heavy atom. The largest absolute Gasteiger partial charge is 0.453 e. The molecule has 1 aliphatic rings. The van der Waals surface area contributed by atoms with Crippen LogP contribution in [0.4, 0.5) is 0 Å². The van der Waals surface area contributed by atoms with Crippen LogP contribution in [0.25, 0.3) is 0 Å². The molecule has 1 aromatic carbocycles. The van der Waals surface area contributed by atoms with Gasteiger partial charge in [0, 0.05) is 18.8 Å². The number of quaternary nitrogens is 1. The summed E-state index contributed by atoms with van der Waals surface area (Å²) in [6, 6.07) is 10.2. The lowest BCUT2D eigenvalue weighted by atomic mass is 9.76. The number of carbonyl (C=O) groups excluding carboxylic acids is 1. The average Bonchev–Trinajstić information content (AvgIpc) is 2.43.